The number of hydrogen-bond acceptors (Lipinski definition) is 1. The van der Waals surface area contributed by atoms with Crippen LogP contribution in [-0.2, 0) is 17.6 Å². The van der Waals surface area contributed by atoms with Gasteiger partial charge in [0, 0.05) is 12.5 Å². The first kappa shape index (κ1) is 9.25. The number of rotatable bonds is 2. The molecule has 0 heterocycles. The van der Waals surface area contributed by atoms with Crippen molar-refractivity contribution in [2.75, 3.05) is 0 Å². The predicted octanol–water partition coefficient (Wildman–Crippen LogP) is 1.68. The van der Waals surface area contributed by atoms with Gasteiger partial charge >= 0.3 is 0 Å². The second-order valence-electron chi connectivity index (χ2n) is 3.79. The van der Waals surface area contributed by atoms with E-state index in [1.807, 2.05) is 6.92 Å². The van der Waals surface area contributed by atoms with Gasteiger partial charge in [0.1, 0.15) is 0 Å². The van der Waals surface area contributed by atoms with Crippen molar-refractivity contribution in [2.45, 2.75) is 32.2 Å². The van der Waals surface area contributed by atoms with E-state index in [-0.39, 0.29) is 5.91 Å². The zero-order chi connectivity index (χ0) is 9.97. The Morgan fingerprint density at radius 2 is 1.93 bits per heavy atom. The summed E-state index contributed by atoms with van der Waals surface area (Å²) < 4.78 is 0. The van der Waals surface area contributed by atoms with Crippen LogP contribution in [0, 0.1) is 0 Å². The largest absolute Gasteiger partial charge is 0.353 e. The third-order valence-corrected chi connectivity index (χ3v) is 2.74. The fourth-order valence-corrected chi connectivity index (χ4v) is 1.99. The SMILES string of the molecule is CCC(=O)NC1Cc2ccccc2C1. The molecular formula is C12H15NO. The van der Waals surface area contributed by atoms with Gasteiger partial charge in [-0.1, -0.05) is 31.2 Å². The summed E-state index contributed by atoms with van der Waals surface area (Å²) in [5.74, 6) is 0.155. The van der Waals surface area contributed by atoms with Gasteiger partial charge in [0.05, 0.1) is 0 Å². The molecule has 0 spiro atoms. The van der Waals surface area contributed by atoms with Crippen LogP contribution in [0.15, 0.2) is 24.3 Å². The van der Waals surface area contributed by atoms with Crippen molar-refractivity contribution in [3.8, 4) is 0 Å². The van der Waals surface area contributed by atoms with E-state index in [2.05, 4.69) is 29.6 Å². The molecule has 0 aromatic heterocycles. The molecule has 0 saturated heterocycles. The number of hydrogen-bond donors (Lipinski definition) is 1. The lowest BCUT2D eigenvalue weighted by atomic mass is 10.1. The van der Waals surface area contributed by atoms with Gasteiger partial charge in [-0.2, -0.15) is 0 Å². The molecule has 1 amide bonds. The number of fused-ring (bicyclic) bond motifs is 1. The Hall–Kier alpha value is -1.31. The minimum atomic E-state index is 0.155. The van der Waals surface area contributed by atoms with Crippen molar-refractivity contribution in [2.24, 2.45) is 0 Å². The highest BCUT2D eigenvalue weighted by Gasteiger charge is 2.21. The Morgan fingerprint density at radius 3 is 2.43 bits per heavy atom. The number of carbonyl (C=O) groups excluding carboxylic acids is 1. The van der Waals surface area contributed by atoms with Crippen LogP contribution in [-0.4, -0.2) is 11.9 Å². The maximum atomic E-state index is 11.2. The second-order valence-corrected chi connectivity index (χ2v) is 3.79. The van der Waals surface area contributed by atoms with E-state index in [0.717, 1.165) is 12.8 Å². The van der Waals surface area contributed by atoms with Gasteiger partial charge in [-0.05, 0) is 24.0 Å². The lowest BCUT2D eigenvalue weighted by Crippen LogP contribution is -2.34. The van der Waals surface area contributed by atoms with E-state index < -0.39 is 0 Å². The van der Waals surface area contributed by atoms with Gasteiger partial charge < -0.3 is 5.32 Å². The van der Waals surface area contributed by atoms with Crippen LogP contribution < -0.4 is 5.32 Å². The topological polar surface area (TPSA) is 29.1 Å². The monoisotopic (exact) mass is 189 g/mol. The molecule has 0 radical (unpaired) electrons. The van der Waals surface area contributed by atoms with E-state index in [4.69, 9.17) is 0 Å². The number of carbonyl (C=O) groups is 1. The van der Waals surface area contributed by atoms with E-state index in [1.54, 1.807) is 0 Å². The van der Waals surface area contributed by atoms with Crippen LogP contribution >= 0.6 is 0 Å². The first-order valence-electron chi connectivity index (χ1n) is 5.15. The lowest BCUT2D eigenvalue weighted by molar-refractivity contribution is -0.121. The highest BCUT2D eigenvalue weighted by molar-refractivity contribution is 5.76. The summed E-state index contributed by atoms with van der Waals surface area (Å²) in [6, 6.07) is 8.73. The summed E-state index contributed by atoms with van der Waals surface area (Å²) in [5, 5.41) is 3.04. The van der Waals surface area contributed by atoms with E-state index in [9.17, 15) is 4.79 Å². The van der Waals surface area contributed by atoms with Gasteiger partial charge in [0.15, 0.2) is 0 Å². The van der Waals surface area contributed by atoms with Crippen molar-refractivity contribution in [1.82, 2.24) is 5.32 Å². The lowest BCUT2D eigenvalue weighted by Gasteiger charge is -2.10. The Morgan fingerprint density at radius 1 is 1.36 bits per heavy atom. The molecule has 0 unspecified atom stereocenters. The minimum absolute atomic E-state index is 0.155. The van der Waals surface area contributed by atoms with Crippen LogP contribution in [0.25, 0.3) is 0 Å². The Balaban J connectivity index is 2.01. The summed E-state index contributed by atoms with van der Waals surface area (Å²) >= 11 is 0. The smallest absolute Gasteiger partial charge is 0.219 e. The maximum Gasteiger partial charge on any atom is 0.219 e. The average molecular weight is 189 g/mol. The fourth-order valence-electron chi connectivity index (χ4n) is 1.99. The summed E-state index contributed by atoms with van der Waals surface area (Å²) in [6.45, 7) is 1.89. The number of nitrogens with one attached hydrogen (secondary N) is 1. The van der Waals surface area contributed by atoms with E-state index in [0.29, 0.717) is 12.5 Å². The van der Waals surface area contributed by atoms with Gasteiger partial charge in [0.2, 0.25) is 5.91 Å². The standard InChI is InChI=1S/C12H15NO/c1-2-12(14)13-11-7-9-5-3-4-6-10(9)8-11/h3-6,11H,2,7-8H2,1H3,(H,13,14). The fraction of sp³-hybridized carbons (Fsp3) is 0.417. The third-order valence-electron chi connectivity index (χ3n) is 2.74. The average Bonchev–Trinajstić information content (AvgIpc) is 2.59. The predicted molar refractivity (Wildman–Crippen MR) is 56.1 cm³/mol. The minimum Gasteiger partial charge on any atom is -0.353 e. The van der Waals surface area contributed by atoms with Crippen molar-refractivity contribution in [1.29, 1.82) is 0 Å². The van der Waals surface area contributed by atoms with E-state index in [1.165, 1.54) is 11.1 Å². The normalized spacial score (nSPS) is 15.2. The molecule has 0 aliphatic heterocycles. The molecule has 0 bridgehead atoms. The highest BCUT2D eigenvalue weighted by atomic mass is 16.1. The van der Waals surface area contributed by atoms with Crippen LogP contribution in [0.3, 0.4) is 0 Å². The van der Waals surface area contributed by atoms with Gasteiger partial charge in [0.25, 0.3) is 0 Å². The Labute approximate surface area is 84.3 Å². The summed E-state index contributed by atoms with van der Waals surface area (Å²) in [7, 11) is 0. The molecule has 1 aromatic rings. The first-order chi connectivity index (χ1) is 6.79. The van der Waals surface area contributed by atoms with E-state index >= 15 is 0 Å². The molecule has 1 aliphatic rings. The maximum absolute atomic E-state index is 11.2. The quantitative estimate of drug-likeness (QED) is 0.753. The molecule has 1 aliphatic carbocycles. The van der Waals surface area contributed by atoms with Gasteiger partial charge in [-0.3, -0.25) is 4.79 Å². The number of amides is 1. The molecule has 0 saturated carbocycles. The molecule has 2 nitrogen and oxygen atoms in total. The first-order valence-corrected chi connectivity index (χ1v) is 5.15. The third kappa shape index (κ3) is 1.79. The van der Waals surface area contributed by atoms with Gasteiger partial charge in [-0.15, -0.1) is 0 Å². The molecule has 2 heteroatoms. The molecule has 14 heavy (non-hydrogen) atoms. The van der Waals surface area contributed by atoms with Crippen LogP contribution in [0.1, 0.15) is 24.5 Å². The summed E-state index contributed by atoms with van der Waals surface area (Å²) in [6.07, 6.45) is 2.55. The van der Waals surface area contributed by atoms with Crippen molar-refractivity contribution in [3.05, 3.63) is 35.4 Å². The number of benzene rings is 1. The molecule has 2 rings (SSSR count). The molecule has 74 valence electrons. The zero-order valence-corrected chi connectivity index (χ0v) is 8.42. The zero-order valence-electron chi connectivity index (χ0n) is 8.42. The van der Waals surface area contributed by atoms with Crippen LogP contribution in [0.5, 0.6) is 0 Å². The summed E-state index contributed by atoms with van der Waals surface area (Å²) in [5.41, 5.74) is 2.77. The molecule has 1 N–H and O–H groups in total. The Bertz CT molecular complexity index is 321. The van der Waals surface area contributed by atoms with Gasteiger partial charge in [-0.25, -0.2) is 0 Å². The molecular weight excluding hydrogens is 174 g/mol. The summed E-state index contributed by atoms with van der Waals surface area (Å²) in [4.78, 5) is 11.2. The molecule has 0 atom stereocenters. The van der Waals surface area contributed by atoms with Crippen molar-refractivity contribution in [3.63, 3.8) is 0 Å². The van der Waals surface area contributed by atoms with Crippen molar-refractivity contribution >= 4 is 5.91 Å². The Kier molecular flexibility index (Phi) is 2.53. The highest BCUT2D eigenvalue weighted by Crippen LogP contribution is 2.21. The van der Waals surface area contributed by atoms with Crippen LogP contribution in [0.2, 0.25) is 0 Å². The van der Waals surface area contributed by atoms with Crippen molar-refractivity contribution < 1.29 is 4.79 Å². The van der Waals surface area contributed by atoms with Crippen LogP contribution in [0.4, 0.5) is 0 Å². The molecule has 1 aromatic carbocycles. The molecule has 0 fully saturated rings. The second kappa shape index (κ2) is 3.82.